The van der Waals surface area contributed by atoms with Crippen LogP contribution >= 0.6 is 11.6 Å². The largest absolute Gasteiger partial charge is 0.478 e. The van der Waals surface area contributed by atoms with E-state index in [2.05, 4.69) is 59.2 Å². The Balaban J connectivity index is 1.47. The molecule has 0 amide bonds. The topological polar surface area (TPSA) is 92.1 Å². The maximum absolute atomic E-state index is 13.6. The first-order chi connectivity index (χ1) is 23.8. The molecule has 0 aliphatic carbocycles. The fourth-order valence-electron chi connectivity index (χ4n) is 6.88. The molecular formula is C39H42ClN3O5S. The molecule has 1 fully saturated rings. The Morgan fingerprint density at radius 2 is 1.51 bits per heavy atom. The van der Waals surface area contributed by atoms with E-state index < -0.39 is 16.0 Å². The van der Waals surface area contributed by atoms with Crippen molar-refractivity contribution in [1.82, 2.24) is 14.0 Å². The second-order valence-corrected chi connectivity index (χ2v) is 14.9. The third-order valence-corrected chi connectivity index (χ3v) is 11.3. The van der Waals surface area contributed by atoms with E-state index in [4.69, 9.17) is 16.3 Å². The second kappa shape index (κ2) is 15.7. The van der Waals surface area contributed by atoms with Gasteiger partial charge in [-0.2, -0.15) is 0 Å². The number of carboxylic acid groups (broad SMARTS) is 1. The number of benzene rings is 4. The van der Waals surface area contributed by atoms with Crippen LogP contribution in [0.5, 0.6) is 0 Å². The summed E-state index contributed by atoms with van der Waals surface area (Å²) in [7, 11) is -3.55. The van der Waals surface area contributed by atoms with Crippen LogP contribution in [0.1, 0.15) is 57.7 Å². The maximum atomic E-state index is 13.6. The molecule has 1 N–H and O–H groups in total. The van der Waals surface area contributed by atoms with Gasteiger partial charge in [0.1, 0.15) is 0 Å². The van der Waals surface area contributed by atoms with Crippen LogP contribution in [0.2, 0.25) is 5.02 Å². The molecule has 0 saturated carbocycles. The summed E-state index contributed by atoms with van der Waals surface area (Å²) >= 11 is 6.68. The van der Waals surface area contributed by atoms with Crippen LogP contribution in [-0.2, 0) is 34.0 Å². The van der Waals surface area contributed by atoms with Crippen molar-refractivity contribution in [2.24, 2.45) is 0 Å². The molecule has 49 heavy (non-hydrogen) atoms. The Labute approximate surface area is 293 Å². The van der Waals surface area contributed by atoms with Gasteiger partial charge in [0.2, 0.25) is 10.0 Å². The Bertz CT molecular complexity index is 1940. The van der Waals surface area contributed by atoms with Crippen molar-refractivity contribution in [3.05, 3.63) is 142 Å². The minimum atomic E-state index is -3.55. The van der Waals surface area contributed by atoms with E-state index in [0.717, 1.165) is 58.1 Å². The predicted molar refractivity (Wildman–Crippen MR) is 195 cm³/mol. The number of carbonyl (C=O) groups is 1. The number of ether oxygens (including phenoxy) is 1. The minimum absolute atomic E-state index is 0.00708. The molecule has 0 atom stereocenters. The molecule has 6 rings (SSSR count). The minimum Gasteiger partial charge on any atom is -0.478 e. The van der Waals surface area contributed by atoms with Crippen LogP contribution in [0, 0.1) is 0 Å². The Kier molecular flexibility index (Phi) is 11.2. The SMILES string of the molecule is CCS(=O)(=O)N(CCc1c(CCCc2ccc(C(=O)O)cc2)c2cc(Cl)ccc2n1C(c1ccccc1)c1ccccc1)N1CCOCC1. The van der Waals surface area contributed by atoms with Gasteiger partial charge in [0.25, 0.3) is 0 Å². The zero-order chi connectivity index (χ0) is 34.4. The van der Waals surface area contributed by atoms with Crippen LogP contribution < -0.4 is 0 Å². The lowest BCUT2D eigenvalue weighted by Gasteiger charge is -2.36. The van der Waals surface area contributed by atoms with Gasteiger partial charge in [-0.25, -0.2) is 18.2 Å². The lowest BCUT2D eigenvalue weighted by Crippen LogP contribution is -2.52. The van der Waals surface area contributed by atoms with Gasteiger partial charge in [0.15, 0.2) is 0 Å². The molecule has 1 aromatic heterocycles. The molecule has 8 nitrogen and oxygen atoms in total. The number of halogens is 1. The molecular weight excluding hydrogens is 658 g/mol. The molecule has 1 aliphatic heterocycles. The molecule has 0 radical (unpaired) electrons. The second-order valence-electron chi connectivity index (χ2n) is 12.3. The average Bonchev–Trinajstić information content (AvgIpc) is 3.41. The highest BCUT2D eigenvalue weighted by molar-refractivity contribution is 7.89. The van der Waals surface area contributed by atoms with E-state index >= 15 is 0 Å². The number of morpholine rings is 1. The summed E-state index contributed by atoms with van der Waals surface area (Å²) in [6, 6.07) is 33.7. The standard InChI is InChI=1S/C39H42ClN3O5S/c1-2-49(46,47)42(41-24-26-48-27-25-41)23-22-37-34(15-9-10-29-16-18-32(19-17-29)39(44)45)35-28-33(40)20-21-36(35)43(37)38(30-11-5-3-6-12-30)31-13-7-4-8-14-31/h3-8,11-14,16-21,28,38H,2,9-10,15,22-27H2,1H3,(H,44,45). The van der Waals surface area contributed by atoms with Crippen LogP contribution in [-0.4, -0.2) is 72.1 Å². The van der Waals surface area contributed by atoms with Crippen molar-refractivity contribution in [2.45, 2.75) is 38.6 Å². The van der Waals surface area contributed by atoms with E-state index in [1.807, 2.05) is 41.4 Å². The number of aromatic carboxylic acids is 1. The van der Waals surface area contributed by atoms with Gasteiger partial charge in [-0.1, -0.05) is 84.4 Å². The lowest BCUT2D eigenvalue weighted by atomic mass is 9.97. The van der Waals surface area contributed by atoms with Gasteiger partial charge in [-0.3, -0.25) is 0 Å². The lowest BCUT2D eigenvalue weighted by molar-refractivity contribution is -0.0414. The molecule has 1 saturated heterocycles. The number of fused-ring (bicyclic) bond motifs is 1. The van der Waals surface area contributed by atoms with Gasteiger partial charge >= 0.3 is 5.97 Å². The average molecular weight is 700 g/mol. The van der Waals surface area contributed by atoms with Crippen molar-refractivity contribution in [3.63, 3.8) is 0 Å². The number of hydrogen-bond donors (Lipinski definition) is 1. The number of aromatic nitrogens is 1. The molecule has 256 valence electrons. The Morgan fingerprint density at radius 3 is 2.10 bits per heavy atom. The summed E-state index contributed by atoms with van der Waals surface area (Å²) in [5.41, 5.74) is 6.83. The number of sulfonamides is 1. The molecule has 4 aromatic carbocycles. The quantitative estimate of drug-likeness (QED) is 0.131. The van der Waals surface area contributed by atoms with Gasteiger partial charge in [-0.05, 0) is 78.8 Å². The highest BCUT2D eigenvalue weighted by Crippen LogP contribution is 2.38. The molecule has 5 aromatic rings. The normalized spacial score (nSPS) is 14.2. The molecule has 2 heterocycles. The van der Waals surface area contributed by atoms with Crippen LogP contribution in [0.25, 0.3) is 10.9 Å². The first-order valence-electron chi connectivity index (χ1n) is 16.8. The zero-order valence-corrected chi connectivity index (χ0v) is 29.2. The summed E-state index contributed by atoms with van der Waals surface area (Å²) in [5.74, 6) is -0.934. The van der Waals surface area contributed by atoms with E-state index in [0.29, 0.717) is 44.3 Å². The molecule has 0 spiro atoms. The first kappa shape index (κ1) is 34.9. The van der Waals surface area contributed by atoms with Crippen molar-refractivity contribution in [1.29, 1.82) is 0 Å². The van der Waals surface area contributed by atoms with Gasteiger partial charge in [-0.15, -0.1) is 4.41 Å². The summed E-state index contributed by atoms with van der Waals surface area (Å²) in [5, 5.41) is 12.9. The predicted octanol–water partition coefficient (Wildman–Crippen LogP) is 7.25. The monoisotopic (exact) mass is 699 g/mol. The van der Waals surface area contributed by atoms with Gasteiger partial charge in [0, 0.05) is 47.7 Å². The van der Waals surface area contributed by atoms with Gasteiger partial charge in [0.05, 0.1) is 30.6 Å². The number of nitrogens with zero attached hydrogens (tertiary/aromatic N) is 3. The zero-order valence-electron chi connectivity index (χ0n) is 27.7. The van der Waals surface area contributed by atoms with Crippen LogP contribution in [0.15, 0.2) is 103 Å². The first-order valence-corrected chi connectivity index (χ1v) is 18.8. The molecule has 0 bridgehead atoms. The summed E-state index contributed by atoms with van der Waals surface area (Å²) in [4.78, 5) is 11.4. The third-order valence-electron chi connectivity index (χ3n) is 9.29. The van der Waals surface area contributed by atoms with Gasteiger partial charge < -0.3 is 14.4 Å². The number of aryl methyl sites for hydroxylation is 2. The van der Waals surface area contributed by atoms with Crippen LogP contribution in [0.4, 0.5) is 0 Å². The fourth-order valence-corrected chi connectivity index (χ4v) is 8.23. The highest BCUT2D eigenvalue weighted by Gasteiger charge is 2.31. The van der Waals surface area contributed by atoms with Crippen LogP contribution in [0.3, 0.4) is 0 Å². The summed E-state index contributed by atoms with van der Waals surface area (Å²) in [6.45, 7) is 3.98. The Morgan fingerprint density at radius 1 is 0.878 bits per heavy atom. The highest BCUT2D eigenvalue weighted by atomic mass is 35.5. The van der Waals surface area contributed by atoms with E-state index in [9.17, 15) is 18.3 Å². The summed E-state index contributed by atoms with van der Waals surface area (Å²) < 4.78 is 36.6. The number of carboxylic acids is 1. The van der Waals surface area contributed by atoms with Crippen molar-refractivity contribution < 1.29 is 23.1 Å². The van der Waals surface area contributed by atoms with Crippen molar-refractivity contribution in [3.8, 4) is 0 Å². The van der Waals surface area contributed by atoms with E-state index in [1.165, 1.54) is 0 Å². The number of hydrogen-bond acceptors (Lipinski definition) is 5. The molecule has 10 heteroatoms. The maximum Gasteiger partial charge on any atom is 0.335 e. The summed E-state index contributed by atoms with van der Waals surface area (Å²) in [6.07, 6.45) is 2.79. The van der Waals surface area contributed by atoms with Crippen molar-refractivity contribution >= 4 is 38.5 Å². The Hall–Kier alpha value is -3.99. The molecule has 0 unspecified atom stereocenters. The smallest absolute Gasteiger partial charge is 0.335 e. The number of hydrazine groups is 1. The fraction of sp³-hybridized carbons (Fsp3) is 0.308. The van der Waals surface area contributed by atoms with E-state index in [1.54, 1.807) is 23.5 Å². The van der Waals surface area contributed by atoms with E-state index in [-0.39, 0.29) is 17.4 Å². The third kappa shape index (κ3) is 7.92. The number of rotatable bonds is 14. The van der Waals surface area contributed by atoms with Crippen molar-refractivity contribution in [2.75, 3.05) is 38.6 Å². The molecule has 1 aliphatic rings.